The first kappa shape index (κ1) is 15.1. The first-order valence-electron chi connectivity index (χ1n) is 6.99. The van der Waals surface area contributed by atoms with Crippen molar-refractivity contribution in [2.75, 3.05) is 0 Å². The van der Waals surface area contributed by atoms with E-state index in [1.54, 1.807) is 18.0 Å². The molecule has 3 rings (SSSR count). The Kier molecular flexibility index (Phi) is 4.75. The SMILES string of the molecule is CCn1c(SCc2cccc(Cl)c2)nnc1-c1ccccn1. The summed E-state index contributed by atoms with van der Waals surface area (Å²) in [5.74, 6) is 1.61. The van der Waals surface area contributed by atoms with Crippen LogP contribution in [-0.4, -0.2) is 19.7 Å². The van der Waals surface area contributed by atoms with Gasteiger partial charge < -0.3 is 4.57 Å². The maximum Gasteiger partial charge on any atom is 0.191 e. The molecule has 3 aromatic rings. The third-order valence-electron chi connectivity index (χ3n) is 3.18. The zero-order valence-corrected chi connectivity index (χ0v) is 13.7. The maximum atomic E-state index is 6.02. The minimum absolute atomic E-state index is 0.754. The highest BCUT2D eigenvalue weighted by molar-refractivity contribution is 7.98. The Hall–Kier alpha value is -1.85. The quantitative estimate of drug-likeness (QED) is 0.654. The second-order valence-corrected chi connectivity index (χ2v) is 6.06. The molecule has 1 aromatic carbocycles. The van der Waals surface area contributed by atoms with Gasteiger partial charge in [0.05, 0.1) is 0 Å². The van der Waals surface area contributed by atoms with E-state index in [1.165, 1.54) is 5.56 Å². The van der Waals surface area contributed by atoms with Crippen LogP contribution in [-0.2, 0) is 12.3 Å². The first-order chi connectivity index (χ1) is 10.8. The van der Waals surface area contributed by atoms with Crippen LogP contribution in [0.4, 0.5) is 0 Å². The van der Waals surface area contributed by atoms with Gasteiger partial charge in [-0.05, 0) is 36.8 Å². The number of aromatic nitrogens is 4. The van der Waals surface area contributed by atoms with Gasteiger partial charge >= 0.3 is 0 Å². The zero-order chi connectivity index (χ0) is 15.4. The molecule has 0 radical (unpaired) electrons. The van der Waals surface area contributed by atoms with Gasteiger partial charge in [0, 0.05) is 23.5 Å². The van der Waals surface area contributed by atoms with Gasteiger partial charge in [-0.2, -0.15) is 0 Å². The van der Waals surface area contributed by atoms with E-state index in [0.29, 0.717) is 0 Å². The Bertz CT molecular complexity index is 758. The van der Waals surface area contributed by atoms with Gasteiger partial charge in [-0.15, -0.1) is 10.2 Å². The summed E-state index contributed by atoms with van der Waals surface area (Å²) in [7, 11) is 0. The lowest BCUT2D eigenvalue weighted by molar-refractivity contribution is 0.686. The standard InChI is InChI=1S/C16H15ClN4S/c1-2-21-15(14-8-3-4-9-18-14)19-20-16(21)22-11-12-6-5-7-13(17)10-12/h3-10H,2,11H2,1H3. The molecule has 22 heavy (non-hydrogen) atoms. The van der Waals surface area contributed by atoms with Crippen molar-refractivity contribution in [2.24, 2.45) is 0 Å². The van der Waals surface area contributed by atoms with Crippen molar-refractivity contribution in [1.29, 1.82) is 0 Å². The van der Waals surface area contributed by atoms with E-state index in [-0.39, 0.29) is 0 Å². The highest BCUT2D eigenvalue weighted by Gasteiger charge is 2.13. The molecule has 0 bridgehead atoms. The number of rotatable bonds is 5. The number of hydrogen-bond acceptors (Lipinski definition) is 4. The summed E-state index contributed by atoms with van der Waals surface area (Å²) in [4.78, 5) is 4.35. The molecular weight excluding hydrogens is 316 g/mol. The van der Waals surface area contributed by atoms with E-state index in [0.717, 1.165) is 34.0 Å². The van der Waals surface area contributed by atoms with Crippen LogP contribution in [0.25, 0.3) is 11.5 Å². The van der Waals surface area contributed by atoms with E-state index in [9.17, 15) is 0 Å². The predicted molar refractivity (Wildman–Crippen MR) is 89.9 cm³/mol. The molecule has 0 N–H and O–H groups in total. The highest BCUT2D eigenvalue weighted by atomic mass is 35.5. The number of pyridine rings is 1. The highest BCUT2D eigenvalue weighted by Crippen LogP contribution is 2.26. The van der Waals surface area contributed by atoms with Gasteiger partial charge in [0.25, 0.3) is 0 Å². The average Bonchev–Trinajstić information content (AvgIpc) is 2.97. The summed E-state index contributed by atoms with van der Waals surface area (Å²) in [6.45, 7) is 2.88. The van der Waals surface area contributed by atoms with Crippen molar-refractivity contribution < 1.29 is 0 Å². The van der Waals surface area contributed by atoms with Crippen LogP contribution >= 0.6 is 23.4 Å². The molecule has 112 valence electrons. The van der Waals surface area contributed by atoms with Crippen LogP contribution in [0.15, 0.2) is 53.8 Å². The molecule has 4 nitrogen and oxygen atoms in total. The summed E-state index contributed by atoms with van der Waals surface area (Å²) < 4.78 is 2.08. The van der Waals surface area contributed by atoms with Gasteiger partial charge in [0.15, 0.2) is 11.0 Å². The monoisotopic (exact) mass is 330 g/mol. The van der Waals surface area contributed by atoms with Crippen molar-refractivity contribution in [3.05, 3.63) is 59.2 Å². The Labute approximate surface area is 138 Å². The Balaban J connectivity index is 1.81. The van der Waals surface area contributed by atoms with Gasteiger partial charge in [-0.1, -0.05) is 41.6 Å². The predicted octanol–water partition coefficient (Wildman–Crippen LogP) is 4.31. The zero-order valence-electron chi connectivity index (χ0n) is 12.1. The van der Waals surface area contributed by atoms with Crippen LogP contribution in [0.1, 0.15) is 12.5 Å². The summed E-state index contributed by atoms with van der Waals surface area (Å²) in [5.41, 5.74) is 2.01. The topological polar surface area (TPSA) is 43.6 Å². The largest absolute Gasteiger partial charge is 0.301 e. The number of halogens is 1. The normalized spacial score (nSPS) is 10.8. The minimum atomic E-state index is 0.754. The van der Waals surface area contributed by atoms with E-state index < -0.39 is 0 Å². The molecule has 0 aliphatic heterocycles. The molecule has 2 heterocycles. The molecule has 6 heteroatoms. The maximum absolute atomic E-state index is 6.02. The number of hydrogen-bond donors (Lipinski definition) is 0. The average molecular weight is 331 g/mol. The number of thioether (sulfide) groups is 1. The van der Waals surface area contributed by atoms with Crippen LogP contribution < -0.4 is 0 Å². The van der Waals surface area contributed by atoms with Gasteiger partial charge in [0.2, 0.25) is 0 Å². The second kappa shape index (κ2) is 6.94. The first-order valence-corrected chi connectivity index (χ1v) is 8.36. The summed E-state index contributed by atoms with van der Waals surface area (Å²) in [5, 5.41) is 10.2. The fraction of sp³-hybridized carbons (Fsp3) is 0.188. The fourth-order valence-electron chi connectivity index (χ4n) is 2.14. The van der Waals surface area contributed by atoms with E-state index in [1.807, 2.05) is 36.4 Å². The molecule has 0 saturated heterocycles. The number of benzene rings is 1. The summed E-state index contributed by atoms with van der Waals surface area (Å²) in [6.07, 6.45) is 1.77. The molecule has 0 fully saturated rings. The van der Waals surface area contributed by atoms with Crippen LogP contribution in [0, 0.1) is 0 Å². The molecular formula is C16H15ClN4S. The van der Waals surface area contributed by atoms with Crippen LogP contribution in [0.5, 0.6) is 0 Å². The lowest BCUT2D eigenvalue weighted by Crippen LogP contribution is -2.00. The minimum Gasteiger partial charge on any atom is -0.301 e. The number of nitrogens with zero attached hydrogens (tertiary/aromatic N) is 4. The van der Waals surface area contributed by atoms with E-state index in [4.69, 9.17) is 11.6 Å². The van der Waals surface area contributed by atoms with E-state index in [2.05, 4.69) is 32.7 Å². The van der Waals surface area contributed by atoms with Crippen molar-refractivity contribution in [3.8, 4) is 11.5 Å². The van der Waals surface area contributed by atoms with Crippen LogP contribution in [0.2, 0.25) is 5.02 Å². The van der Waals surface area contributed by atoms with Crippen LogP contribution in [0.3, 0.4) is 0 Å². The lowest BCUT2D eigenvalue weighted by atomic mass is 10.2. The second-order valence-electron chi connectivity index (χ2n) is 4.68. The Morgan fingerprint density at radius 2 is 2.05 bits per heavy atom. The fourth-order valence-corrected chi connectivity index (χ4v) is 3.30. The van der Waals surface area contributed by atoms with E-state index >= 15 is 0 Å². The van der Waals surface area contributed by atoms with Crippen molar-refractivity contribution >= 4 is 23.4 Å². The molecule has 0 spiro atoms. The molecule has 0 aliphatic rings. The third-order valence-corrected chi connectivity index (χ3v) is 4.46. The molecule has 0 amide bonds. The molecule has 0 atom stereocenters. The van der Waals surface area contributed by atoms with Crippen molar-refractivity contribution in [3.63, 3.8) is 0 Å². The molecule has 0 saturated carbocycles. The lowest BCUT2D eigenvalue weighted by Gasteiger charge is -2.07. The van der Waals surface area contributed by atoms with Gasteiger partial charge in [0.1, 0.15) is 5.69 Å². The Morgan fingerprint density at radius 1 is 1.14 bits per heavy atom. The summed E-state index contributed by atoms with van der Waals surface area (Å²) in [6, 6.07) is 13.7. The summed E-state index contributed by atoms with van der Waals surface area (Å²) >= 11 is 7.67. The Morgan fingerprint density at radius 3 is 2.77 bits per heavy atom. The van der Waals surface area contributed by atoms with Gasteiger partial charge in [-0.3, -0.25) is 4.98 Å². The smallest absolute Gasteiger partial charge is 0.191 e. The molecule has 0 aliphatic carbocycles. The third kappa shape index (κ3) is 3.31. The van der Waals surface area contributed by atoms with Crippen molar-refractivity contribution in [2.45, 2.75) is 24.4 Å². The van der Waals surface area contributed by atoms with Gasteiger partial charge in [-0.25, -0.2) is 0 Å². The molecule has 2 aromatic heterocycles. The van der Waals surface area contributed by atoms with Crippen molar-refractivity contribution in [1.82, 2.24) is 19.7 Å². The molecule has 0 unspecified atom stereocenters.